The summed E-state index contributed by atoms with van der Waals surface area (Å²) in [4.78, 5) is 9.32. The van der Waals surface area contributed by atoms with Gasteiger partial charge < -0.3 is 19.7 Å². The van der Waals surface area contributed by atoms with Gasteiger partial charge in [0.25, 0.3) is 0 Å². The Labute approximate surface area is 174 Å². The van der Waals surface area contributed by atoms with E-state index in [1.807, 2.05) is 19.2 Å². The molecule has 29 heavy (non-hydrogen) atoms. The van der Waals surface area contributed by atoms with Gasteiger partial charge in [0, 0.05) is 53.4 Å². The van der Waals surface area contributed by atoms with Gasteiger partial charge in [0.1, 0.15) is 12.4 Å². The van der Waals surface area contributed by atoms with Crippen LogP contribution in [0.5, 0.6) is 5.75 Å². The van der Waals surface area contributed by atoms with Crippen molar-refractivity contribution in [3.05, 3.63) is 65.7 Å². The van der Waals surface area contributed by atoms with Gasteiger partial charge in [-0.25, -0.2) is 0 Å². The Morgan fingerprint density at radius 1 is 0.966 bits per heavy atom. The van der Waals surface area contributed by atoms with Crippen molar-refractivity contribution in [2.75, 3.05) is 53.6 Å². The molecule has 0 aliphatic carbocycles. The molecule has 0 aromatic heterocycles. The lowest BCUT2D eigenvalue weighted by Crippen LogP contribution is -2.52. The topological polar surface area (TPSA) is 49.3 Å². The second-order valence-corrected chi connectivity index (χ2v) is 7.14. The van der Waals surface area contributed by atoms with Crippen molar-refractivity contribution in [3.8, 4) is 5.75 Å². The lowest BCUT2D eigenvalue weighted by Gasteiger charge is -2.36. The average molecular weight is 397 g/mol. The molecule has 6 heteroatoms. The fourth-order valence-corrected chi connectivity index (χ4v) is 3.46. The molecule has 0 amide bonds. The molecule has 1 saturated heterocycles. The maximum absolute atomic E-state index is 5.70. The van der Waals surface area contributed by atoms with Crippen LogP contribution in [0.3, 0.4) is 0 Å². The second kappa shape index (κ2) is 11.4. The molecular weight excluding hydrogens is 364 g/mol. The number of rotatable bonds is 8. The molecule has 1 fully saturated rings. The molecule has 0 saturated carbocycles. The number of methoxy groups -OCH3 is 1. The third-order valence-electron chi connectivity index (χ3n) is 5.04. The molecule has 1 heterocycles. The average Bonchev–Trinajstić information content (AvgIpc) is 2.76. The highest BCUT2D eigenvalue weighted by Crippen LogP contribution is 2.14. The van der Waals surface area contributed by atoms with Crippen molar-refractivity contribution >= 4 is 5.96 Å². The lowest BCUT2D eigenvalue weighted by atomic mass is 10.2. The van der Waals surface area contributed by atoms with Gasteiger partial charge in [-0.2, -0.15) is 0 Å². The maximum Gasteiger partial charge on any atom is 0.194 e. The molecule has 0 atom stereocenters. The zero-order chi connectivity index (χ0) is 20.3. The van der Waals surface area contributed by atoms with E-state index in [4.69, 9.17) is 9.47 Å². The second-order valence-electron chi connectivity index (χ2n) is 7.14. The van der Waals surface area contributed by atoms with Gasteiger partial charge >= 0.3 is 0 Å². The quantitative estimate of drug-likeness (QED) is 0.422. The Hall–Kier alpha value is -2.57. The van der Waals surface area contributed by atoms with Crippen LogP contribution in [0.4, 0.5) is 0 Å². The number of guanidine groups is 1. The number of hydrogen-bond acceptors (Lipinski definition) is 4. The minimum atomic E-state index is 0.558. The van der Waals surface area contributed by atoms with E-state index in [1.165, 1.54) is 11.1 Å². The fourth-order valence-electron chi connectivity index (χ4n) is 3.46. The molecule has 1 N–H and O–H groups in total. The first kappa shape index (κ1) is 21.1. The van der Waals surface area contributed by atoms with Crippen LogP contribution < -0.4 is 10.1 Å². The van der Waals surface area contributed by atoms with Gasteiger partial charge in [-0.15, -0.1) is 0 Å². The zero-order valence-corrected chi connectivity index (χ0v) is 17.5. The van der Waals surface area contributed by atoms with E-state index in [-0.39, 0.29) is 0 Å². The van der Waals surface area contributed by atoms with Gasteiger partial charge in [-0.05, 0) is 23.3 Å². The summed E-state index contributed by atoms with van der Waals surface area (Å²) < 4.78 is 10.7. The number of nitrogens with one attached hydrogen (secondary N) is 1. The van der Waals surface area contributed by atoms with Crippen molar-refractivity contribution in [1.82, 2.24) is 15.1 Å². The number of benzene rings is 2. The van der Waals surface area contributed by atoms with E-state index in [1.54, 1.807) is 7.11 Å². The van der Waals surface area contributed by atoms with E-state index in [0.29, 0.717) is 13.2 Å². The Bertz CT molecular complexity index is 758. The predicted octanol–water partition coefficient (Wildman–Crippen LogP) is 2.60. The third kappa shape index (κ3) is 6.76. The van der Waals surface area contributed by atoms with Crippen molar-refractivity contribution < 1.29 is 9.47 Å². The minimum absolute atomic E-state index is 0.558. The highest BCUT2D eigenvalue weighted by molar-refractivity contribution is 5.80. The third-order valence-corrected chi connectivity index (χ3v) is 5.04. The van der Waals surface area contributed by atoms with Crippen LogP contribution in [0.2, 0.25) is 0 Å². The Kier molecular flexibility index (Phi) is 8.34. The molecule has 156 valence electrons. The van der Waals surface area contributed by atoms with Crippen LogP contribution >= 0.6 is 0 Å². The van der Waals surface area contributed by atoms with Gasteiger partial charge in [0.2, 0.25) is 0 Å². The summed E-state index contributed by atoms with van der Waals surface area (Å²) in [6, 6.07) is 18.8. The van der Waals surface area contributed by atoms with Gasteiger partial charge in [0.05, 0.1) is 6.61 Å². The van der Waals surface area contributed by atoms with Crippen LogP contribution in [0.15, 0.2) is 59.6 Å². The smallest absolute Gasteiger partial charge is 0.194 e. The van der Waals surface area contributed by atoms with Gasteiger partial charge in [-0.1, -0.05) is 42.5 Å². The van der Waals surface area contributed by atoms with E-state index in [0.717, 1.165) is 51.0 Å². The number of aliphatic imine (C=N–C) groups is 1. The Morgan fingerprint density at radius 3 is 2.45 bits per heavy atom. The minimum Gasteiger partial charge on any atom is -0.491 e. The molecule has 3 rings (SSSR count). The number of ether oxygens (including phenoxy) is 2. The zero-order valence-electron chi connectivity index (χ0n) is 17.5. The molecule has 0 radical (unpaired) electrons. The van der Waals surface area contributed by atoms with Gasteiger partial charge in [0.15, 0.2) is 5.96 Å². The van der Waals surface area contributed by atoms with Crippen LogP contribution in [-0.4, -0.2) is 69.3 Å². The molecular formula is C23H32N4O2. The van der Waals surface area contributed by atoms with Crippen molar-refractivity contribution in [2.45, 2.75) is 13.1 Å². The normalized spacial score (nSPS) is 15.4. The van der Waals surface area contributed by atoms with E-state index in [9.17, 15) is 0 Å². The van der Waals surface area contributed by atoms with Crippen molar-refractivity contribution in [2.24, 2.45) is 4.99 Å². The number of hydrogen-bond donors (Lipinski definition) is 1. The monoisotopic (exact) mass is 396 g/mol. The van der Waals surface area contributed by atoms with E-state index >= 15 is 0 Å². The first-order chi connectivity index (χ1) is 14.3. The summed E-state index contributed by atoms with van der Waals surface area (Å²) in [7, 11) is 3.53. The van der Waals surface area contributed by atoms with E-state index < -0.39 is 0 Å². The van der Waals surface area contributed by atoms with E-state index in [2.05, 4.69) is 62.6 Å². The van der Waals surface area contributed by atoms with Crippen molar-refractivity contribution in [1.29, 1.82) is 0 Å². The van der Waals surface area contributed by atoms with Crippen LogP contribution in [0.1, 0.15) is 11.1 Å². The molecule has 0 unspecified atom stereocenters. The molecule has 1 aliphatic rings. The summed E-state index contributed by atoms with van der Waals surface area (Å²) in [5.41, 5.74) is 2.54. The fraction of sp³-hybridized carbons (Fsp3) is 0.435. The first-order valence-electron chi connectivity index (χ1n) is 10.2. The predicted molar refractivity (Wildman–Crippen MR) is 117 cm³/mol. The van der Waals surface area contributed by atoms with Crippen LogP contribution in [0, 0.1) is 0 Å². The number of nitrogens with zero attached hydrogens (tertiary/aromatic N) is 3. The van der Waals surface area contributed by atoms with Gasteiger partial charge in [-0.3, -0.25) is 9.89 Å². The summed E-state index contributed by atoms with van der Waals surface area (Å²) >= 11 is 0. The Morgan fingerprint density at radius 2 is 1.72 bits per heavy atom. The molecule has 0 spiro atoms. The van der Waals surface area contributed by atoms with Crippen LogP contribution in [0.25, 0.3) is 0 Å². The summed E-state index contributed by atoms with van der Waals surface area (Å²) in [6.07, 6.45) is 0. The van der Waals surface area contributed by atoms with Crippen LogP contribution in [-0.2, 0) is 17.8 Å². The molecule has 1 aliphatic heterocycles. The summed E-state index contributed by atoms with van der Waals surface area (Å²) in [5, 5.41) is 3.49. The molecule has 2 aromatic rings. The summed E-state index contributed by atoms with van der Waals surface area (Å²) in [5.74, 6) is 1.82. The first-order valence-corrected chi connectivity index (χ1v) is 10.2. The van der Waals surface area contributed by atoms with Crippen molar-refractivity contribution in [3.63, 3.8) is 0 Å². The molecule has 6 nitrogen and oxygen atoms in total. The maximum atomic E-state index is 5.70. The lowest BCUT2D eigenvalue weighted by molar-refractivity contribution is 0.146. The number of piperazine rings is 1. The molecule has 0 bridgehead atoms. The highest BCUT2D eigenvalue weighted by atomic mass is 16.5. The summed E-state index contributed by atoms with van der Waals surface area (Å²) in [6.45, 7) is 6.92. The standard InChI is InChI=1S/C23H32N4O2/c1-24-23(25-18-21-9-6-10-22(17-21)29-16-15-28-2)27-13-11-26(12-14-27)19-20-7-4-3-5-8-20/h3-10,17H,11-16,18-19H2,1-2H3,(H,24,25). The largest absolute Gasteiger partial charge is 0.491 e. The highest BCUT2D eigenvalue weighted by Gasteiger charge is 2.19. The SMILES string of the molecule is CN=C(NCc1cccc(OCCOC)c1)N1CCN(Cc2ccccc2)CC1. The molecule has 2 aromatic carbocycles. The Balaban J connectivity index is 1.46.